The average Bonchev–Trinajstić information content (AvgIpc) is 2.72. The second-order valence-electron chi connectivity index (χ2n) is 5.06. The Morgan fingerprint density at radius 1 is 1.47 bits per heavy atom. The molecule has 2 N–H and O–H groups in total. The van der Waals surface area contributed by atoms with Crippen LogP contribution in [-0.4, -0.2) is 13.1 Å². The number of nitrogens with zero attached hydrogens (tertiary/aromatic N) is 1. The lowest BCUT2D eigenvalue weighted by Gasteiger charge is -2.22. The van der Waals surface area contributed by atoms with Crippen molar-refractivity contribution in [2.75, 3.05) is 23.7 Å². The van der Waals surface area contributed by atoms with Gasteiger partial charge < -0.3 is 10.6 Å². The summed E-state index contributed by atoms with van der Waals surface area (Å²) in [7, 11) is 0. The van der Waals surface area contributed by atoms with Crippen LogP contribution >= 0.6 is 11.6 Å². The van der Waals surface area contributed by atoms with Gasteiger partial charge in [0.05, 0.1) is 16.4 Å². The zero-order valence-electron chi connectivity index (χ0n) is 10.2. The maximum absolute atomic E-state index is 13.5. The summed E-state index contributed by atoms with van der Waals surface area (Å²) < 4.78 is 13.5. The molecule has 1 unspecified atom stereocenters. The second-order valence-corrected chi connectivity index (χ2v) is 5.47. The summed E-state index contributed by atoms with van der Waals surface area (Å²) in [5.74, 6) is 0.912. The monoisotopic (exact) mass is 256 g/mol. The Morgan fingerprint density at radius 3 is 2.76 bits per heavy atom. The Bertz CT molecular complexity index is 420. The molecule has 4 heteroatoms. The summed E-state index contributed by atoms with van der Waals surface area (Å²) in [5.41, 5.74) is 7.23. The van der Waals surface area contributed by atoms with Crippen LogP contribution in [0.4, 0.5) is 15.8 Å². The summed E-state index contributed by atoms with van der Waals surface area (Å²) in [4.78, 5) is 2.15. The minimum atomic E-state index is -0.399. The molecule has 1 atom stereocenters. The van der Waals surface area contributed by atoms with Crippen molar-refractivity contribution in [2.45, 2.75) is 20.3 Å². The van der Waals surface area contributed by atoms with Gasteiger partial charge in [-0.3, -0.25) is 0 Å². The van der Waals surface area contributed by atoms with Gasteiger partial charge in [0.1, 0.15) is 5.82 Å². The maximum Gasteiger partial charge on any atom is 0.144 e. The normalized spacial score (nSPS) is 20.3. The Hall–Kier alpha value is -0.960. The van der Waals surface area contributed by atoms with Crippen molar-refractivity contribution >= 4 is 23.0 Å². The lowest BCUT2D eigenvalue weighted by Crippen LogP contribution is -2.22. The third-order valence-electron chi connectivity index (χ3n) is 3.58. The molecule has 0 radical (unpaired) electrons. The molecule has 0 spiro atoms. The van der Waals surface area contributed by atoms with Gasteiger partial charge in [0.2, 0.25) is 0 Å². The van der Waals surface area contributed by atoms with Crippen molar-refractivity contribution < 1.29 is 4.39 Å². The second kappa shape index (κ2) is 4.73. The summed E-state index contributed by atoms with van der Waals surface area (Å²) in [6, 6.07) is 2.94. The van der Waals surface area contributed by atoms with Gasteiger partial charge in [0.25, 0.3) is 0 Å². The van der Waals surface area contributed by atoms with E-state index in [4.69, 9.17) is 17.3 Å². The van der Waals surface area contributed by atoms with E-state index < -0.39 is 5.82 Å². The van der Waals surface area contributed by atoms with Gasteiger partial charge in [-0.05, 0) is 24.3 Å². The van der Waals surface area contributed by atoms with Crippen molar-refractivity contribution in [1.82, 2.24) is 0 Å². The molecule has 0 saturated carbocycles. The van der Waals surface area contributed by atoms with Crippen LogP contribution in [-0.2, 0) is 0 Å². The minimum absolute atomic E-state index is 0.0888. The molecule has 0 amide bonds. The molecular weight excluding hydrogens is 239 g/mol. The van der Waals surface area contributed by atoms with E-state index in [2.05, 4.69) is 18.7 Å². The number of benzene rings is 1. The van der Waals surface area contributed by atoms with Crippen LogP contribution in [0.25, 0.3) is 0 Å². The van der Waals surface area contributed by atoms with E-state index in [1.54, 1.807) is 0 Å². The lowest BCUT2D eigenvalue weighted by molar-refractivity contribution is 0.423. The molecule has 1 saturated heterocycles. The number of nitrogens with two attached hydrogens (primary N) is 1. The van der Waals surface area contributed by atoms with Crippen LogP contribution in [0, 0.1) is 17.7 Å². The Balaban J connectivity index is 2.22. The van der Waals surface area contributed by atoms with Gasteiger partial charge in [-0.2, -0.15) is 0 Å². The van der Waals surface area contributed by atoms with Crippen molar-refractivity contribution in [2.24, 2.45) is 11.8 Å². The van der Waals surface area contributed by atoms with E-state index in [0.717, 1.165) is 25.2 Å². The summed E-state index contributed by atoms with van der Waals surface area (Å²) in [6.07, 6.45) is 1.14. The van der Waals surface area contributed by atoms with Crippen LogP contribution in [0.2, 0.25) is 5.02 Å². The highest BCUT2D eigenvalue weighted by Crippen LogP contribution is 2.34. The molecule has 1 fully saturated rings. The van der Waals surface area contributed by atoms with Crippen LogP contribution in [0.15, 0.2) is 12.1 Å². The molecule has 0 bridgehead atoms. The molecule has 1 heterocycles. The van der Waals surface area contributed by atoms with Gasteiger partial charge in [-0.25, -0.2) is 4.39 Å². The van der Waals surface area contributed by atoms with Crippen molar-refractivity contribution in [1.29, 1.82) is 0 Å². The topological polar surface area (TPSA) is 29.3 Å². The average molecular weight is 257 g/mol. The zero-order chi connectivity index (χ0) is 12.6. The number of hydrogen-bond acceptors (Lipinski definition) is 2. The third kappa shape index (κ3) is 2.49. The molecule has 94 valence electrons. The molecule has 1 aliphatic rings. The Morgan fingerprint density at radius 2 is 2.18 bits per heavy atom. The predicted octanol–water partition coefficient (Wildman–Crippen LogP) is 3.54. The molecule has 1 aliphatic heterocycles. The molecule has 1 aromatic carbocycles. The summed E-state index contributed by atoms with van der Waals surface area (Å²) >= 11 is 5.70. The molecule has 17 heavy (non-hydrogen) atoms. The number of rotatable bonds is 2. The Labute approximate surface area is 107 Å². The van der Waals surface area contributed by atoms with E-state index in [1.165, 1.54) is 12.1 Å². The SMILES string of the molecule is CC(C)C1CCN(c2cc(F)c(Cl)cc2N)C1. The fraction of sp³-hybridized carbons (Fsp3) is 0.538. The first kappa shape index (κ1) is 12.5. The van der Waals surface area contributed by atoms with Crippen LogP contribution in [0.1, 0.15) is 20.3 Å². The van der Waals surface area contributed by atoms with E-state index in [0.29, 0.717) is 17.5 Å². The summed E-state index contributed by atoms with van der Waals surface area (Å²) in [6.45, 7) is 6.33. The number of anilines is 2. The minimum Gasteiger partial charge on any atom is -0.397 e. The van der Waals surface area contributed by atoms with Gasteiger partial charge >= 0.3 is 0 Å². The van der Waals surface area contributed by atoms with Crippen LogP contribution in [0.3, 0.4) is 0 Å². The highest BCUT2D eigenvalue weighted by molar-refractivity contribution is 6.31. The van der Waals surface area contributed by atoms with Crippen molar-refractivity contribution in [3.63, 3.8) is 0 Å². The third-order valence-corrected chi connectivity index (χ3v) is 3.87. The number of halogens is 2. The largest absolute Gasteiger partial charge is 0.397 e. The van der Waals surface area contributed by atoms with Crippen LogP contribution < -0.4 is 10.6 Å². The quantitative estimate of drug-likeness (QED) is 0.820. The number of nitrogen functional groups attached to an aromatic ring is 1. The van der Waals surface area contributed by atoms with E-state index in [-0.39, 0.29) is 5.02 Å². The maximum atomic E-state index is 13.5. The fourth-order valence-electron chi connectivity index (χ4n) is 2.38. The van der Waals surface area contributed by atoms with E-state index in [1.807, 2.05) is 0 Å². The lowest BCUT2D eigenvalue weighted by atomic mass is 9.95. The molecule has 2 rings (SSSR count). The summed E-state index contributed by atoms with van der Waals surface area (Å²) in [5, 5.41) is 0.0888. The van der Waals surface area contributed by atoms with Gasteiger partial charge in [0, 0.05) is 19.2 Å². The van der Waals surface area contributed by atoms with E-state index >= 15 is 0 Å². The molecule has 2 nitrogen and oxygen atoms in total. The molecule has 0 aliphatic carbocycles. The predicted molar refractivity (Wildman–Crippen MR) is 71.0 cm³/mol. The zero-order valence-corrected chi connectivity index (χ0v) is 11.0. The van der Waals surface area contributed by atoms with Gasteiger partial charge in [-0.1, -0.05) is 25.4 Å². The molecule has 1 aromatic rings. The first-order valence-electron chi connectivity index (χ1n) is 5.98. The van der Waals surface area contributed by atoms with E-state index in [9.17, 15) is 4.39 Å². The van der Waals surface area contributed by atoms with Crippen molar-refractivity contribution in [3.8, 4) is 0 Å². The standard InChI is InChI=1S/C13H18ClFN2/c1-8(2)9-3-4-17(7-9)13-6-11(15)10(14)5-12(13)16/h5-6,8-9H,3-4,7,16H2,1-2H3. The first-order chi connectivity index (χ1) is 7.99. The molecular formula is C13H18ClFN2. The highest BCUT2D eigenvalue weighted by Gasteiger charge is 2.26. The molecule has 0 aromatic heterocycles. The highest BCUT2D eigenvalue weighted by atomic mass is 35.5. The number of hydrogen-bond donors (Lipinski definition) is 1. The smallest absolute Gasteiger partial charge is 0.144 e. The Kier molecular flexibility index (Phi) is 3.48. The first-order valence-corrected chi connectivity index (χ1v) is 6.36. The van der Waals surface area contributed by atoms with Gasteiger partial charge in [-0.15, -0.1) is 0 Å². The fourth-order valence-corrected chi connectivity index (χ4v) is 2.55. The van der Waals surface area contributed by atoms with Gasteiger partial charge in [0.15, 0.2) is 0 Å². The van der Waals surface area contributed by atoms with Crippen LogP contribution in [0.5, 0.6) is 0 Å². The van der Waals surface area contributed by atoms with Crippen molar-refractivity contribution in [3.05, 3.63) is 23.0 Å².